The monoisotopic (exact) mass is 347 g/mol. The summed E-state index contributed by atoms with van der Waals surface area (Å²) >= 11 is 0. The summed E-state index contributed by atoms with van der Waals surface area (Å²) < 4.78 is 5.17. The van der Waals surface area contributed by atoms with Crippen LogP contribution in [0.4, 0.5) is 4.79 Å². The second kappa shape index (κ2) is 8.34. The second-order valence-electron chi connectivity index (χ2n) is 7.58. The number of carbonyl (C=O) groups is 2. The first-order valence-corrected chi connectivity index (χ1v) is 8.79. The van der Waals surface area contributed by atoms with Crippen molar-refractivity contribution in [2.45, 2.75) is 58.3 Å². The van der Waals surface area contributed by atoms with E-state index < -0.39 is 17.7 Å². The second-order valence-corrected chi connectivity index (χ2v) is 7.58. The Morgan fingerprint density at radius 3 is 2.60 bits per heavy atom. The topological polar surface area (TPSA) is 70.7 Å². The van der Waals surface area contributed by atoms with Crippen LogP contribution in [0.3, 0.4) is 0 Å². The van der Waals surface area contributed by atoms with Crippen molar-refractivity contribution >= 4 is 12.0 Å². The quantitative estimate of drug-likeness (QED) is 0.857. The third-order valence-electron chi connectivity index (χ3n) is 3.99. The predicted octanol–water partition coefficient (Wildman–Crippen LogP) is 2.29. The summed E-state index contributed by atoms with van der Waals surface area (Å²) in [4.78, 5) is 26.3. The van der Waals surface area contributed by atoms with Crippen LogP contribution in [-0.4, -0.2) is 47.7 Å². The first kappa shape index (κ1) is 19.2. The Morgan fingerprint density at radius 2 is 1.96 bits per heavy atom. The number of likely N-dealkylation sites (tertiary alicyclic amines) is 1. The molecule has 1 aliphatic rings. The first-order valence-electron chi connectivity index (χ1n) is 8.79. The van der Waals surface area contributed by atoms with Crippen LogP contribution in [0.5, 0.6) is 0 Å². The fourth-order valence-corrected chi connectivity index (χ4v) is 2.81. The number of hydrogen-bond donors (Lipinski definition) is 2. The normalized spacial score (nSPS) is 19.3. The Bertz CT molecular complexity index is 583. The van der Waals surface area contributed by atoms with Gasteiger partial charge < -0.3 is 15.4 Å². The molecule has 1 saturated heterocycles. The molecular weight excluding hydrogens is 318 g/mol. The standard InChI is InChI=1S/C19H29N3O3/c1-14(20-18(24)25-19(2,3)4)17(23)21-16-10-11-22(13-16)12-15-8-6-5-7-9-15/h5-9,14,16H,10-13H2,1-4H3,(H,20,24)(H,21,23)/t14-,16-/m0/s1. The van der Waals surface area contributed by atoms with Crippen molar-refractivity contribution in [2.24, 2.45) is 0 Å². The lowest BCUT2D eigenvalue weighted by molar-refractivity contribution is -0.123. The zero-order valence-corrected chi connectivity index (χ0v) is 15.5. The van der Waals surface area contributed by atoms with Crippen LogP contribution in [0, 0.1) is 0 Å². The predicted molar refractivity (Wildman–Crippen MR) is 97.1 cm³/mol. The molecule has 1 fully saturated rings. The van der Waals surface area contributed by atoms with E-state index in [1.807, 2.05) is 18.2 Å². The van der Waals surface area contributed by atoms with Crippen LogP contribution in [0.2, 0.25) is 0 Å². The van der Waals surface area contributed by atoms with Gasteiger partial charge in [-0.3, -0.25) is 9.69 Å². The highest BCUT2D eigenvalue weighted by atomic mass is 16.6. The van der Waals surface area contributed by atoms with Gasteiger partial charge in [-0.15, -0.1) is 0 Å². The van der Waals surface area contributed by atoms with Gasteiger partial charge in [0.1, 0.15) is 11.6 Å². The van der Waals surface area contributed by atoms with Gasteiger partial charge in [0.2, 0.25) is 5.91 Å². The minimum atomic E-state index is -0.627. The molecule has 25 heavy (non-hydrogen) atoms. The first-order chi connectivity index (χ1) is 11.7. The maximum absolute atomic E-state index is 12.3. The molecule has 1 aliphatic heterocycles. The Labute approximate surface area is 149 Å². The number of nitrogens with one attached hydrogen (secondary N) is 2. The summed E-state index contributed by atoms with van der Waals surface area (Å²) in [6.07, 6.45) is 0.338. The number of nitrogens with zero attached hydrogens (tertiary/aromatic N) is 1. The molecule has 0 unspecified atom stereocenters. The van der Waals surface area contributed by atoms with E-state index in [1.165, 1.54) is 5.56 Å². The molecule has 1 aromatic rings. The van der Waals surface area contributed by atoms with Crippen LogP contribution in [-0.2, 0) is 16.1 Å². The molecule has 0 bridgehead atoms. The largest absolute Gasteiger partial charge is 0.444 e. The fraction of sp³-hybridized carbons (Fsp3) is 0.579. The number of alkyl carbamates (subject to hydrolysis) is 1. The van der Waals surface area contributed by atoms with E-state index >= 15 is 0 Å². The van der Waals surface area contributed by atoms with Gasteiger partial charge in [-0.1, -0.05) is 30.3 Å². The van der Waals surface area contributed by atoms with Crippen molar-refractivity contribution < 1.29 is 14.3 Å². The average molecular weight is 347 g/mol. The van der Waals surface area contributed by atoms with Gasteiger partial charge >= 0.3 is 6.09 Å². The Balaban J connectivity index is 1.74. The van der Waals surface area contributed by atoms with E-state index in [4.69, 9.17) is 4.74 Å². The third-order valence-corrected chi connectivity index (χ3v) is 3.99. The van der Waals surface area contributed by atoms with Gasteiger partial charge in [0.25, 0.3) is 0 Å². The number of hydrogen-bond acceptors (Lipinski definition) is 4. The van der Waals surface area contributed by atoms with Crippen molar-refractivity contribution in [3.8, 4) is 0 Å². The van der Waals surface area contributed by atoms with Crippen molar-refractivity contribution in [1.82, 2.24) is 15.5 Å². The highest BCUT2D eigenvalue weighted by Crippen LogP contribution is 2.13. The molecule has 2 N–H and O–H groups in total. The van der Waals surface area contributed by atoms with Gasteiger partial charge in [-0.2, -0.15) is 0 Å². The molecule has 0 aromatic heterocycles. The number of rotatable bonds is 5. The van der Waals surface area contributed by atoms with Gasteiger partial charge in [0.05, 0.1) is 0 Å². The summed E-state index contributed by atoms with van der Waals surface area (Å²) in [6, 6.07) is 9.79. The third kappa shape index (κ3) is 6.74. The van der Waals surface area contributed by atoms with Crippen molar-refractivity contribution in [3.05, 3.63) is 35.9 Å². The highest BCUT2D eigenvalue weighted by molar-refractivity contribution is 5.85. The highest BCUT2D eigenvalue weighted by Gasteiger charge is 2.27. The summed E-state index contributed by atoms with van der Waals surface area (Å²) in [5.41, 5.74) is 0.693. The smallest absolute Gasteiger partial charge is 0.408 e. The lowest BCUT2D eigenvalue weighted by atomic mass is 10.2. The zero-order chi connectivity index (χ0) is 18.4. The van der Waals surface area contributed by atoms with Crippen LogP contribution in [0.25, 0.3) is 0 Å². The van der Waals surface area contributed by atoms with Crippen LogP contribution in [0.15, 0.2) is 30.3 Å². The fourth-order valence-electron chi connectivity index (χ4n) is 2.81. The number of ether oxygens (including phenoxy) is 1. The summed E-state index contributed by atoms with van der Waals surface area (Å²) in [7, 11) is 0. The van der Waals surface area contributed by atoms with E-state index in [0.29, 0.717) is 0 Å². The molecule has 2 rings (SSSR count). The molecule has 0 aliphatic carbocycles. The van der Waals surface area contributed by atoms with Crippen molar-refractivity contribution in [3.63, 3.8) is 0 Å². The van der Waals surface area contributed by atoms with Gasteiger partial charge in [-0.05, 0) is 39.7 Å². The van der Waals surface area contributed by atoms with Gasteiger partial charge in [-0.25, -0.2) is 4.79 Å². The minimum absolute atomic E-state index is 0.110. The maximum atomic E-state index is 12.3. The number of amides is 2. The Hall–Kier alpha value is -2.08. The molecule has 6 heteroatoms. The van der Waals surface area contributed by atoms with Crippen LogP contribution >= 0.6 is 0 Å². The minimum Gasteiger partial charge on any atom is -0.444 e. The molecule has 0 saturated carbocycles. The van der Waals surface area contributed by atoms with Crippen molar-refractivity contribution in [1.29, 1.82) is 0 Å². The lowest BCUT2D eigenvalue weighted by Crippen LogP contribution is -2.49. The van der Waals surface area contributed by atoms with Gasteiger partial charge in [0.15, 0.2) is 0 Å². The van der Waals surface area contributed by atoms with E-state index in [0.717, 1.165) is 26.1 Å². The molecule has 0 radical (unpaired) electrons. The van der Waals surface area contributed by atoms with E-state index in [1.54, 1.807) is 27.7 Å². The zero-order valence-electron chi connectivity index (χ0n) is 15.5. The molecular formula is C19H29N3O3. The lowest BCUT2D eigenvalue weighted by Gasteiger charge is -2.22. The summed E-state index contributed by atoms with van der Waals surface area (Å²) in [5, 5.41) is 5.59. The molecule has 1 heterocycles. The Morgan fingerprint density at radius 1 is 1.28 bits per heavy atom. The van der Waals surface area contributed by atoms with E-state index in [-0.39, 0.29) is 11.9 Å². The molecule has 2 amide bonds. The molecule has 6 nitrogen and oxygen atoms in total. The van der Waals surface area contributed by atoms with Crippen molar-refractivity contribution in [2.75, 3.05) is 13.1 Å². The summed E-state index contributed by atoms with van der Waals surface area (Å²) in [6.45, 7) is 9.69. The summed E-state index contributed by atoms with van der Waals surface area (Å²) in [5.74, 6) is -0.183. The maximum Gasteiger partial charge on any atom is 0.408 e. The SMILES string of the molecule is C[C@H](NC(=O)OC(C)(C)C)C(=O)N[C@H]1CCN(Cc2ccccc2)C1. The van der Waals surface area contributed by atoms with E-state index in [9.17, 15) is 9.59 Å². The molecule has 2 atom stereocenters. The van der Waals surface area contributed by atoms with Crippen LogP contribution < -0.4 is 10.6 Å². The molecule has 1 aromatic carbocycles. The average Bonchev–Trinajstić information content (AvgIpc) is 2.93. The molecule has 0 spiro atoms. The Kier molecular flexibility index (Phi) is 6.42. The van der Waals surface area contributed by atoms with E-state index in [2.05, 4.69) is 27.7 Å². The van der Waals surface area contributed by atoms with Crippen LogP contribution in [0.1, 0.15) is 39.7 Å². The number of carbonyl (C=O) groups excluding carboxylic acids is 2. The number of benzene rings is 1. The molecule has 138 valence electrons. The van der Waals surface area contributed by atoms with Gasteiger partial charge in [0, 0.05) is 25.7 Å².